The van der Waals surface area contributed by atoms with Crippen molar-refractivity contribution in [2.24, 2.45) is 0 Å². The van der Waals surface area contributed by atoms with Gasteiger partial charge in [-0.3, -0.25) is 0 Å². The summed E-state index contributed by atoms with van der Waals surface area (Å²) in [5.41, 5.74) is 0.522. The van der Waals surface area contributed by atoms with Crippen LogP contribution in [-0.4, -0.2) is 30.5 Å². The average Bonchev–Trinajstić information content (AvgIpc) is 2.77. The molecule has 0 saturated carbocycles. The Morgan fingerprint density at radius 3 is 2.94 bits per heavy atom. The molecule has 0 unspecified atom stereocenters. The van der Waals surface area contributed by atoms with Crippen LogP contribution in [0.2, 0.25) is 0 Å². The van der Waals surface area contributed by atoms with E-state index in [1.807, 2.05) is 0 Å². The summed E-state index contributed by atoms with van der Waals surface area (Å²) in [4.78, 5) is 0. The van der Waals surface area contributed by atoms with Gasteiger partial charge < -0.3 is 14.5 Å². The van der Waals surface area contributed by atoms with Crippen LogP contribution in [0.1, 0.15) is 0 Å². The van der Waals surface area contributed by atoms with Gasteiger partial charge in [0.2, 0.25) is 5.89 Å². The van der Waals surface area contributed by atoms with E-state index in [4.69, 9.17) is 9.15 Å². The number of hydrogen-bond donors (Lipinski definition) is 1. The Bertz CT molecular complexity index is 513. The lowest BCUT2D eigenvalue weighted by atomic mass is 10.2. The molecule has 2 rings (SSSR count). The first-order valence-electron chi connectivity index (χ1n) is 5.22. The molecular formula is C11H11BrFN3O2. The molecule has 1 aromatic heterocycles. The fraction of sp³-hybridized carbons (Fsp3) is 0.273. The molecule has 0 bridgehead atoms. The summed E-state index contributed by atoms with van der Waals surface area (Å²) in [6, 6.07) is 4.67. The first-order valence-corrected chi connectivity index (χ1v) is 6.01. The van der Waals surface area contributed by atoms with Crippen LogP contribution in [0.15, 0.2) is 27.1 Å². The van der Waals surface area contributed by atoms with E-state index in [9.17, 15) is 4.39 Å². The first kappa shape index (κ1) is 13.0. The van der Waals surface area contributed by atoms with Gasteiger partial charge in [0.15, 0.2) is 0 Å². The smallest absolute Gasteiger partial charge is 0.315 e. The molecule has 2 aromatic rings. The Kier molecular flexibility index (Phi) is 4.27. The molecule has 0 amide bonds. The Morgan fingerprint density at radius 1 is 1.39 bits per heavy atom. The van der Waals surface area contributed by atoms with Crippen molar-refractivity contribution >= 4 is 21.9 Å². The maximum atomic E-state index is 13.2. The number of methoxy groups -OCH3 is 1. The van der Waals surface area contributed by atoms with E-state index in [0.717, 1.165) is 0 Å². The molecule has 0 aliphatic rings. The topological polar surface area (TPSA) is 60.2 Å². The van der Waals surface area contributed by atoms with Crippen molar-refractivity contribution in [3.05, 3.63) is 28.5 Å². The maximum Gasteiger partial charge on any atom is 0.315 e. The van der Waals surface area contributed by atoms with Crippen LogP contribution in [-0.2, 0) is 4.74 Å². The summed E-state index contributed by atoms with van der Waals surface area (Å²) in [5.74, 6) is -0.110. The van der Waals surface area contributed by atoms with Gasteiger partial charge in [-0.15, -0.1) is 5.10 Å². The number of benzene rings is 1. The quantitative estimate of drug-likeness (QED) is 0.860. The Hall–Kier alpha value is -1.47. The lowest BCUT2D eigenvalue weighted by Crippen LogP contribution is -2.07. The standard InChI is InChI=1S/C11H11BrFN3O2/c1-17-3-2-14-11-16-15-10(18-11)7-4-8(12)6-9(13)5-7/h4-6H,2-3H2,1H3,(H,14,16). The third-order valence-electron chi connectivity index (χ3n) is 2.12. The molecule has 0 atom stereocenters. The molecule has 96 valence electrons. The molecular weight excluding hydrogens is 305 g/mol. The van der Waals surface area contributed by atoms with E-state index in [1.165, 1.54) is 12.1 Å². The van der Waals surface area contributed by atoms with E-state index in [0.29, 0.717) is 23.2 Å². The molecule has 1 aromatic carbocycles. The maximum absolute atomic E-state index is 13.2. The zero-order chi connectivity index (χ0) is 13.0. The van der Waals surface area contributed by atoms with Gasteiger partial charge in [0.05, 0.1) is 6.61 Å². The normalized spacial score (nSPS) is 10.6. The van der Waals surface area contributed by atoms with E-state index < -0.39 is 0 Å². The van der Waals surface area contributed by atoms with E-state index in [2.05, 4.69) is 31.4 Å². The highest BCUT2D eigenvalue weighted by Crippen LogP contribution is 2.24. The minimum absolute atomic E-state index is 0.259. The summed E-state index contributed by atoms with van der Waals surface area (Å²) in [7, 11) is 1.60. The summed E-state index contributed by atoms with van der Waals surface area (Å²) in [6.07, 6.45) is 0. The van der Waals surface area contributed by atoms with Crippen LogP contribution in [0, 0.1) is 5.82 Å². The highest BCUT2D eigenvalue weighted by Gasteiger charge is 2.10. The average molecular weight is 316 g/mol. The van der Waals surface area contributed by atoms with Crippen LogP contribution in [0.3, 0.4) is 0 Å². The molecule has 0 saturated heterocycles. The second kappa shape index (κ2) is 5.92. The molecule has 0 radical (unpaired) electrons. The molecule has 5 nitrogen and oxygen atoms in total. The van der Waals surface area contributed by atoms with Crippen molar-refractivity contribution < 1.29 is 13.5 Å². The SMILES string of the molecule is COCCNc1nnc(-c2cc(F)cc(Br)c2)o1. The molecule has 0 fully saturated rings. The van der Waals surface area contributed by atoms with Crippen molar-refractivity contribution in [1.82, 2.24) is 10.2 Å². The predicted molar refractivity (Wildman–Crippen MR) is 67.8 cm³/mol. The molecule has 18 heavy (non-hydrogen) atoms. The number of ether oxygens (including phenoxy) is 1. The van der Waals surface area contributed by atoms with Gasteiger partial charge >= 0.3 is 6.01 Å². The number of nitrogens with zero attached hydrogens (tertiary/aromatic N) is 2. The number of halogens is 2. The Morgan fingerprint density at radius 2 is 2.22 bits per heavy atom. The summed E-state index contributed by atoms with van der Waals surface area (Å²) in [6.45, 7) is 1.09. The lowest BCUT2D eigenvalue weighted by molar-refractivity contribution is 0.210. The van der Waals surface area contributed by atoms with Crippen LogP contribution in [0.5, 0.6) is 0 Å². The Labute approximate surface area is 111 Å². The molecule has 0 spiro atoms. The van der Waals surface area contributed by atoms with Gasteiger partial charge in [-0.05, 0) is 18.2 Å². The van der Waals surface area contributed by atoms with Crippen molar-refractivity contribution in [3.63, 3.8) is 0 Å². The first-order chi connectivity index (χ1) is 8.69. The van der Waals surface area contributed by atoms with Crippen LogP contribution >= 0.6 is 15.9 Å². The summed E-state index contributed by atoms with van der Waals surface area (Å²) >= 11 is 3.21. The number of hydrogen-bond acceptors (Lipinski definition) is 5. The van der Waals surface area contributed by atoms with Crippen LogP contribution in [0.25, 0.3) is 11.5 Å². The number of rotatable bonds is 5. The zero-order valence-electron chi connectivity index (χ0n) is 9.61. The van der Waals surface area contributed by atoms with Crippen molar-refractivity contribution in [3.8, 4) is 11.5 Å². The van der Waals surface area contributed by atoms with Gasteiger partial charge in [-0.25, -0.2) is 4.39 Å². The van der Waals surface area contributed by atoms with E-state index in [-0.39, 0.29) is 17.7 Å². The van der Waals surface area contributed by atoms with Crippen LogP contribution < -0.4 is 5.32 Å². The van der Waals surface area contributed by atoms with Gasteiger partial charge in [-0.2, -0.15) is 0 Å². The number of nitrogens with one attached hydrogen (secondary N) is 1. The fourth-order valence-corrected chi connectivity index (χ4v) is 1.81. The van der Waals surface area contributed by atoms with E-state index >= 15 is 0 Å². The molecule has 0 aliphatic heterocycles. The van der Waals surface area contributed by atoms with E-state index in [1.54, 1.807) is 13.2 Å². The zero-order valence-corrected chi connectivity index (χ0v) is 11.2. The monoisotopic (exact) mass is 315 g/mol. The fourth-order valence-electron chi connectivity index (χ4n) is 1.35. The van der Waals surface area contributed by atoms with Crippen LogP contribution in [0.4, 0.5) is 10.4 Å². The van der Waals surface area contributed by atoms with Gasteiger partial charge in [0, 0.05) is 23.7 Å². The Balaban J connectivity index is 2.13. The van der Waals surface area contributed by atoms with Crippen molar-refractivity contribution in [2.75, 3.05) is 25.6 Å². The number of aromatic nitrogens is 2. The summed E-state index contributed by atoms with van der Waals surface area (Å²) in [5, 5.41) is 10.5. The van der Waals surface area contributed by atoms with Gasteiger partial charge in [0.1, 0.15) is 5.82 Å². The van der Waals surface area contributed by atoms with Gasteiger partial charge in [0.25, 0.3) is 0 Å². The second-order valence-corrected chi connectivity index (χ2v) is 4.41. The van der Waals surface area contributed by atoms with Gasteiger partial charge in [-0.1, -0.05) is 21.0 Å². The number of anilines is 1. The molecule has 1 heterocycles. The third kappa shape index (κ3) is 3.27. The molecule has 1 N–H and O–H groups in total. The minimum atomic E-state index is -0.369. The molecule has 0 aliphatic carbocycles. The third-order valence-corrected chi connectivity index (χ3v) is 2.57. The second-order valence-electron chi connectivity index (χ2n) is 3.49. The highest BCUT2D eigenvalue weighted by molar-refractivity contribution is 9.10. The molecule has 7 heteroatoms. The predicted octanol–water partition coefficient (Wildman–Crippen LogP) is 2.70. The van der Waals surface area contributed by atoms with Crippen molar-refractivity contribution in [2.45, 2.75) is 0 Å². The lowest BCUT2D eigenvalue weighted by Gasteiger charge is -1.99. The van der Waals surface area contributed by atoms with Crippen molar-refractivity contribution in [1.29, 1.82) is 0 Å². The summed E-state index contributed by atoms with van der Waals surface area (Å²) < 4.78 is 24.1. The largest absolute Gasteiger partial charge is 0.403 e. The minimum Gasteiger partial charge on any atom is -0.403 e. The highest BCUT2D eigenvalue weighted by atomic mass is 79.9.